The Morgan fingerprint density at radius 3 is 3.00 bits per heavy atom. The number of quaternary nitrogens is 1. The summed E-state index contributed by atoms with van der Waals surface area (Å²) in [4.78, 5) is 17.7. The van der Waals surface area contributed by atoms with Gasteiger partial charge >= 0.3 is 5.91 Å². The SMILES string of the molecule is COc1ccc(Cl)cc1C1=N[N+](NC(=O)c2cnn3cccnc23)([C@H]2CCCC[C@@H]2O)C=C1. The molecule has 33 heavy (non-hydrogen) atoms. The lowest BCUT2D eigenvalue weighted by atomic mass is 9.92. The molecule has 1 aliphatic heterocycles. The second kappa shape index (κ2) is 8.58. The summed E-state index contributed by atoms with van der Waals surface area (Å²) >= 11 is 6.24. The van der Waals surface area contributed by atoms with E-state index >= 15 is 0 Å². The molecule has 0 bridgehead atoms. The monoisotopic (exact) mass is 467 g/mol. The van der Waals surface area contributed by atoms with Crippen molar-refractivity contribution in [3.05, 3.63) is 71.3 Å². The van der Waals surface area contributed by atoms with Crippen molar-refractivity contribution in [2.24, 2.45) is 5.10 Å². The summed E-state index contributed by atoms with van der Waals surface area (Å²) in [5.74, 6) is 0.235. The molecule has 9 nitrogen and oxygen atoms in total. The minimum absolute atomic E-state index is 0.255. The van der Waals surface area contributed by atoms with Crippen LogP contribution in [0, 0.1) is 0 Å². The molecule has 0 saturated heterocycles. The van der Waals surface area contributed by atoms with E-state index in [1.165, 1.54) is 6.20 Å². The highest BCUT2D eigenvalue weighted by Gasteiger charge is 2.47. The lowest BCUT2D eigenvalue weighted by Crippen LogP contribution is -2.62. The third kappa shape index (κ3) is 3.88. The molecular weight excluding hydrogens is 444 g/mol. The van der Waals surface area contributed by atoms with Gasteiger partial charge in [-0.3, -0.25) is 4.79 Å². The van der Waals surface area contributed by atoms with E-state index in [9.17, 15) is 9.90 Å². The fourth-order valence-corrected chi connectivity index (χ4v) is 4.72. The molecule has 2 aromatic heterocycles. The Balaban J connectivity index is 1.56. The lowest BCUT2D eigenvalue weighted by Gasteiger charge is -2.38. The number of ether oxygens (including phenoxy) is 1. The minimum atomic E-state index is -0.616. The third-order valence-corrected chi connectivity index (χ3v) is 6.41. The van der Waals surface area contributed by atoms with Gasteiger partial charge in [-0.1, -0.05) is 22.7 Å². The average molecular weight is 468 g/mol. The van der Waals surface area contributed by atoms with Gasteiger partial charge in [0.25, 0.3) is 0 Å². The first-order chi connectivity index (χ1) is 16.0. The maximum Gasteiger partial charge on any atom is 0.304 e. The second-order valence-corrected chi connectivity index (χ2v) is 8.63. The van der Waals surface area contributed by atoms with E-state index in [1.54, 1.807) is 54.5 Å². The number of carbonyl (C=O) groups excluding carboxylic acids is 1. The van der Waals surface area contributed by atoms with E-state index < -0.39 is 6.10 Å². The molecule has 2 aliphatic rings. The van der Waals surface area contributed by atoms with Crippen molar-refractivity contribution in [1.29, 1.82) is 0 Å². The number of aromatic nitrogens is 3. The Morgan fingerprint density at radius 1 is 1.33 bits per heavy atom. The Morgan fingerprint density at radius 2 is 2.18 bits per heavy atom. The van der Waals surface area contributed by atoms with Crippen LogP contribution in [-0.4, -0.2) is 55.3 Å². The van der Waals surface area contributed by atoms with Gasteiger partial charge in [0, 0.05) is 35.5 Å². The standard InChI is InChI=1S/C23H23ClN6O3/c1-33-21-8-7-15(24)13-16(21)18-9-12-30(27-18,19-5-2-3-6-20(19)31)28-23(32)17-14-26-29-11-4-10-25-22(17)29/h4,7-14,19-20,31H,2-3,5-6H2,1H3/p+1/t19-,20-,30?/m0/s1. The molecule has 10 heteroatoms. The molecule has 3 aromatic rings. The average Bonchev–Trinajstić information content (AvgIpc) is 3.44. The van der Waals surface area contributed by atoms with Gasteiger partial charge < -0.3 is 9.84 Å². The normalized spacial score (nSPS) is 24.6. The molecule has 0 spiro atoms. The van der Waals surface area contributed by atoms with Gasteiger partial charge in [0.1, 0.15) is 23.1 Å². The van der Waals surface area contributed by atoms with Crippen molar-refractivity contribution in [3.8, 4) is 5.75 Å². The molecule has 1 saturated carbocycles. The van der Waals surface area contributed by atoms with Gasteiger partial charge in [0.2, 0.25) is 0 Å². The van der Waals surface area contributed by atoms with Gasteiger partial charge in [0.15, 0.2) is 17.9 Å². The van der Waals surface area contributed by atoms with E-state index in [4.69, 9.17) is 21.4 Å². The van der Waals surface area contributed by atoms with Gasteiger partial charge in [-0.2, -0.15) is 10.5 Å². The van der Waals surface area contributed by atoms with Crippen LogP contribution in [0.4, 0.5) is 0 Å². The highest BCUT2D eigenvalue weighted by atomic mass is 35.5. The zero-order chi connectivity index (χ0) is 23.0. The fraction of sp³-hybridized carbons (Fsp3) is 0.304. The van der Waals surface area contributed by atoms with Gasteiger partial charge in [-0.25, -0.2) is 9.50 Å². The zero-order valence-electron chi connectivity index (χ0n) is 18.1. The molecule has 1 unspecified atom stereocenters. The van der Waals surface area contributed by atoms with Crippen LogP contribution >= 0.6 is 11.6 Å². The Bertz CT molecular complexity index is 1270. The number of hydrogen-bond acceptors (Lipinski definition) is 6. The number of allylic oxidation sites excluding steroid dienone is 1. The summed E-state index contributed by atoms with van der Waals surface area (Å²) in [5, 5.41) is 20.5. The Labute approximate surface area is 195 Å². The number of nitrogens with one attached hydrogen (secondary N) is 1. The van der Waals surface area contributed by atoms with E-state index in [0.29, 0.717) is 46.1 Å². The van der Waals surface area contributed by atoms with Crippen LogP contribution < -0.4 is 10.2 Å². The number of fused-ring (bicyclic) bond motifs is 1. The molecule has 1 fully saturated rings. The number of amides is 1. The van der Waals surface area contributed by atoms with Crippen molar-refractivity contribution in [1.82, 2.24) is 20.0 Å². The van der Waals surface area contributed by atoms with Crippen molar-refractivity contribution < 1.29 is 19.3 Å². The maximum absolute atomic E-state index is 13.4. The first kappa shape index (κ1) is 21.6. The molecule has 0 radical (unpaired) electrons. The number of aliphatic hydroxyl groups is 1. The van der Waals surface area contributed by atoms with Crippen LogP contribution in [-0.2, 0) is 0 Å². The number of benzene rings is 1. The van der Waals surface area contributed by atoms with Crippen LogP contribution in [0.1, 0.15) is 41.6 Å². The molecule has 170 valence electrons. The summed E-state index contributed by atoms with van der Waals surface area (Å²) < 4.78 is 6.79. The van der Waals surface area contributed by atoms with Crippen molar-refractivity contribution in [2.75, 3.05) is 7.11 Å². The first-order valence-electron chi connectivity index (χ1n) is 10.8. The minimum Gasteiger partial charge on any atom is -0.496 e. The third-order valence-electron chi connectivity index (χ3n) is 6.17. The molecule has 1 aliphatic carbocycles. The van der Waals surface area contributed by atoms with Crippen LogP contribution in [0.15, 0.2) is 60.2 Å². The highest BCUT2D eigenvalue weighted by Crippen LogP contribution is 2.34. The number of methoxy groups -OCH3 is 1. The smallest absolute Gasteiger partial charge is 0.304 e. The molecule has 1 aromatic carbocycles. The van der Waals surface area contributed by atoms with E-state index in [2.05, 4.69) is 15.5 Å². The predicted octanol–water partition coefficient (Wildman–Crippen LogP) is 3.09. The second-order valence-electron chi connectivity index (χ2n) is 8.19. The lowest BCUT2D eigenvalue weighted by molar-refractivity contribution is -0.946. The van der Waals surface area contributed by atoms with E-state index in [0.717, 1.165) is 12.8 Å². The van der Waals surface area contributed by atoms with Crippen LogP contribution in [0.25, 0.3) is 5.65 Å². The number of carbonyl (C=O) groups is 1. The van der Waals surface area contributed by atoms with E-state index in [1.807, 2.05) is 6.08 Å². The number of rotatable bonds is 5. The summed E-state index contributed by atoms with van der Waals surface area (Å²) in [6, 6.07) is 6.70. The molecule has 3 atom stereocenters. The van der Waals surface area contributed by atoms with Crippen molar-refractivity contribution in [3.63, 3.8) is 0 Å². The summed E-state index contributed by atoms with van der Waals surface area (Å²) in [6.45, 7) is 0. The molecular formula is C23H24ClN6O3+. The molecule has 5 rings (SSSR count). The maximum atomic E-state index is 13.4. The van der Waals surface area contributed by atoms with Gasteiger partial charge in [0.05, 0.1) is 13.3 Å². The number of aliphatic hydroxyl groups excluding tert-OH is 1. The highest BCUT2D eigenvalue weighted by molar-refractivity contribution is 6.31. The quantitative estimate of drug-likeness (QED) is 0.561. The number of nitrogens with zero attached hydrogens (tertiary/aromatic N) is 5. The van der Waals surface area contributed by atoms with Crippen LogP contribution in [0.3, 0.4) is 0 Å². The zero-order valence-corrected chi connectivity index (χ0v) is 18.8. The van der Waals surface area contributed by atoms with Crippen molar-refractivity contribution >= 4 is 28.9 Å². The fourth-order valence-electron chi connectivity index (χ4n) is 4.54. The van der Waals surface area contributed by atoms with Crippen molar-refractivity contribution in [2.45, 2.75) is 37.8 Å². The number of hydrogen-bond donors (Lipinski definition) is 2. The van der Waals surface area contributed by atoms with E-state index in [-0.39, 0.29) is 16.7 Å². The van der Waals surface area contributed by atoms with Gasteiger partial charge in [-0.15, -0.1) is 0 Å². The van der Waals surface area contributed by atoms with Crippen LogP contribution in [0.2, 0.25) is 5.02 Å². The largest absolute Gasteiger partial charge is 0.496 e. The predicted molar refractivity (Wildman–Crippen MR) is 123 cm³/mol. The topological polar surface area (TPSA) is 101 Å². The Hall–Kier alpha value is -3.27. The first-order valence-corrected chi connectivity index (χ1v) is 11.2. The summed E-state index contributed by atoms with van der Waals surface area (Å²) in [7, 11) is 1.58. The summed E-state index contributed by atoms with van der Waals surface area (Å²) in [6.07, 6.45) is 11.1. The summed E-state index contributed by atoms with van der Waals surface area (Å²) in [5.41, 5.74) is 5.12. The molecule has 2 N–H and O–H groups in total. The van der Waals surface area contributed by atoms with Crippen LogP contribution in [0.5, 0.6) is 5.75 Å². The van der Waals surface area contributed by atoms with Gasteiger partial charge in [-0.05, 0) is 42.2 Å². The molecule has 3 heterocycles. The Kier molecular flexibility index (Phi) is 5.61. The molecule has 1 amide bonds. The number of halogens is 1.